The molecule has 57 valence electrons. The second-order valence-corrected chi connectivity index (χ2v) is 2.69. The summed E-state index contributed by atoms with van der Waals surface area (Å²) in [6.45, 7) is 7.92. The van der Waals surface area contributed by atoms with E-state index in [-0.39, 0.29) is 0 Å². The summed E-state index contributed by atoms with van der Waals surface area (Å²) < 4.78 is 0. The molecule has 0 bridgehead atoms. The molecule has 0 heterocycles. The molecule has 11 heavy (non-hydrogen) atoms. The van der Waals surface area contributed by atoms with Crippen molar-refractivity contribution in [3.05, 3.63) is 47.9 Å². The van der Waals surface area contributed by atoms with E-state index in [9.17, 15) is 0 Å². The summed E-state index contributed by atoms with van der Waals surface area (Å²) >= 11 is 0. The SMILES string of the molecule is [CH2]/C=C/c1cccc(C)c1C. The summed E-state index contributed by atoms with van der Waals surface area (Å²) in [6.07, 6.45) is 3.85. The molecule has 0 fully saturated rings. The minimum atomic E-state index is 1.26. The lowest BCUT2D eigenvalue weighted by atomic mass is 10.0. The molecule has 0 aliphatic heterocycles. The Morgan fingerprint density at radius 1 is 1.27 bits per heavy atom. The maximum Gasteiger partial charge on any atom is -0.0228 e. The smallest absolute Gasteiger partial charge is 0.0228 e. The van der Waals surface area contributed by atoms with Gasteiger partial charge in [-0.1, -0.05) is 30.4 Å². The summed E-state index contributed by atoms with van der Waals surface area (Å²) in [5.74, 6) is 0. The average molecular weight is 145 g/mol. The first-order valence-corrected chi connectivity index (χ1v) is 3.77. The quantitative estimate of drug-likeness (QED) is 0.569. The lowest BCUT2D eigenvalue weighted by molar-refractivity contribution is 1.33. The summed E-state index contributed by atoms with van der Waals surface area (Å²) in [5, 5.41) is 0. The monoisotopic (exact) mass is 145 g/mol. The van der Waals surface area contributed by atoms with E-state index in [0.717, 1.165) is 0 Å². The van der Waals surface area contributed by atoms with Crippen LogP contribution in [-0.2, 0) is 0 Å². The summed E-state index contributed by atoms with van der Waals surface area (Å²) in [5.41, 5.74) is 3.94. The molecule has 0 saturated heterocycles. The summed E-state index contributed by atoms with van der Waals surface area (Å²) in [4.78, 5) is 0. The molecule has 1 aromatic rings. The molecule has 0 saturated carbocycles. The van der Waals surface area contributed by atoms with Gasteiger partial charge in [-0.25, -0.2) is 0 Å². The number of hydrogen-bond acceptors (Lipinski definition) is 0. The fraction of sp³-hybridized carbons (Fsp3) is 0.182. The predicted molar refractivity (Wildman–Crippen MR) is 50.3 cm³/mol. The first-order chi connectivity index (χ1) is 5.25. The van der Waals surface area contributed by atoms with Gasteiger partial charge in [0.2, 0.25) is 0 Å². The van der Waals surface area contributed by atoms with Gasteiger partial charge in [-0.05, 0) is 37.5 Å². The zero-order valence-electron chi connectivity index (χ0n) is 7.09. The van der Waals surface area contributed by atoms with E-state index in [2.05, 4.69) is 39.0 Å². The number of rotatable bonds is 1. The lowest BCUT2D eigenvalue weighted by Crippen LogP contribution is -1.83. The van der Waals surface area contributed by atoms with Crippen molar-refractivity contribution >= 4 is 6.08 Å². The van der Waals surface area contributed by atoms with Gasteiger partial charge in [0.15, 0.2) is 0 Å². The van der Waals surface area contributed by atoms with Crippen molar-refractivity contribution < 1.29 is 0 Å². The largest absolute Gasteiger partial charge is 0.0836 e. The van der Waals surface area contributed by atoms with Gasteiger partial charge < -0.3 is 0 Å². The van der Waals surface area contributed by atoms with E-state index < -0.39 is 0 Å². The van der Waals surface area contributed by atoms with Crippen LogP contribution >= 0.6 is 0 Å². The standard InChI is InChI=1S/C11H13/c1-4-6-11-8-5-7-9(2)10(11)3/h4-8H,1H2,2-3H3/b6-4+. The Kier molecular flexibility index (Phi) is 2.48. The van der Waals surface area contributed by atoms with Crippen LogP contribution in [0.4, 0.5) is 0 Å². The minimum Gasteiger partial charge on any atom is -0.0836 e. The van der Waals surface area contributed by atoms with Crippen molar-refractivity contribution in [1.82, 2.24) is 0 Å². The molecule has 1 aromatic carbocycles. The van der Waals surface area contributed by atoms with Crippen molar-refractivity contribution in [2.75, 3.05) is 0 Å². The first-order valence-electron chi connectivity index (χ1n) is 3.77. The van der Waals surface area contributed by atoms with Crippen LogP contribution in [0.1, 0.15) is 16.7 Å². The van der Waals surface area contributed by atoms with Crippen molar-refractivity contribution in [2.45, 2.75) is 13.8 Å². The molecule has 0 aromatic heterocycles. The normalized spacial score (nSPS) is 10.8. The Balaban J connectivity index is 3.16. The Hall–Kier alpha value is -1.04. The van der Waals surface area contributed by atoms with Crippen LogP contribution in [0.25, 0.3) is 6.08 Å². The van der Waals surface area contributed by atoms with Gasteiger partial charge >= 0.3 is 0 Å². The number of benzene rings is 1. The zero-order chi connectivity index (χ0) is 8.27. The third-order valence-electron chi connectivity index (χ3n) is 1.94. The molecule has 0 unspecified atom stereocenters. The highest BCUT2D eigenvalue weighted by Gasteiger charge is 1.94. The van der Waals surface area contributed by atoms with Crippen LogP contribution < -0.4 is 0 Å². The van der Waals surface area contributed by atoms with Crippen molar-refractivity contribution in [3.8, 4) is 0 Å². The molecular weight excluding hydrogens is 132 g/mol. The molecule has 0 aliphatic carbocycles. The Bertz CT molecular complexity index is 269. The summed E-state index contributed by atoms with van der Waals surface area (Å²) in [6, 6.07) is 6.29. The predicted octanol–water partition coefficient (Wildman–Crippen LogP) is 3.15. The maximum atomic E-state index is 3.67. The van der Waals surface area contributed by atoms with E-state index in [1.54, 1.807) is 0 Å². The Labute approximate surface area is 68.6 Å². The van der Waals surface area contributed by atoms with Crippen molar-refractivity contribution in [3.63, 3.8) is 0 Å². The second-order valence-electron chi connectivity index (χ2n) is 2.69. The fourth-order valence-corrected chi connectivity index (χ4v) is 1.08. The van der Waals surface area contributed by atoms with E-state index in [0.29, 0.717) is 0 Å². The van der Waals surface area contributed by atoms with Gasteiger partial charge in [0.05, 0.1) is 0 Å². The number of hydrogen-bond donors (Lipinski definition) is 0. The fourth-order valence-electron chi connectivity index (χ4n) is 1.08. The van der Waals surface area contributed by atoms with Gasteiger partial charge in [-0.2, -0.15) is 0 Å². The molecule has 1 rings (SSSR count). The molecule has 0 atom stereocenters. The van der Waals surface area contributed by atoms with Crippen LogP contribution in [0.3, 0.4) is 0 Å². The van der Waals surface area contributed by atoms with Gasteiger partial charge in [-0.15, -0.1) is 0 Å². The van der Waals surface area contributed by atoms with Gasteiger partial charge in [0.25, 0.3) is 0 Å². The second kappa shape index (κ2) is 3.38. The van der Waals surface area contributed by atoms with Crippen molar-refractivity contribution in [1.29, 1.82) is 0 Å². The Morgan fingerprint density at radius 2 is 2.00 bits per heavy atom. The third-order valence-corrected chi connectivity index (χ3v) is 1.94. The first kappa shape index (κ1) is 8.06. The van der Waals surface area contributed by atoms with Crippen LogP contribution in [-0.4, -0.2) is 0 Å². The molecular formula is C11H13. The molecule has 0 spiro atoms. The summed E-state index contributed by atoms with van der Waals surface area (Å²) in [7, 11) is 0. The highest BCUT2D eigenvalue weighted by Crippen LogP contribution is 2.13. The highest BCUT2D eigenvalue weighted by molar-refractivity contribution is 5.55. The van der Waals surface area contributed by atoms with Crippen LogP contribution in [0.2, 0.25) is 0 Å². The van der Waals surface area contributed by atoms with E-state index in [4.69, 9.17) is 0 Å². The molecule has 1 radical (unpaired) electrons. The van der Waals surface area contributed by atoms with E-state index >= 15 is 0 Å². The molecule has 0 N–H and O–H groups in total. The van der Waals surface area contributed by atoms with Crippen LogP contribution in [0.15, 0.2) is 24.3 Å². The zero-order valence-corrected chi connectivity index (χ0v) is 7.09. The lowest BCUT2D eigenvalue weighted by Gasteiger charge is -2.02. The van der Waals surface area contributed by atoms with E-state index in [1.165, 1.54) is 16.7 Å². The average Bonchev–Trinajstić information content (AvgIpc) is 1.99. The molecule has 0 heteroatoms. The molecule has 0 amide bonds. The van der Waals surface area contributed by atoms with Gasteiger partial charge in [0.1, 0.15) is 0 Å². The number of allylic oxidation sites excluding steroid dienone is 1. The van der Waals surface area contributed by atoms with Gasteiger partial charge in [-0.3, -0.25) is 0 Å². The number of aryl methyl sites for hydroxylation is 1. The maximum absolute atomic E-state index is 3.67. The highest BCUT2D eigenvalue weighted by atomic mass is 14.0. The molecule has 0 aliphatic rings. The van der Waals surface area contributed by atoms with Crippen molar-refractivity contribution in [2.24, 2.45) is 0 Å². The van der Waals surface area contributed by atoms with E-state index in [1.807, 2.05) is 12.2 Å². The Morgan fingerprint density at radius 3 is 2.64 bits per heavy atom. The topological polar surface area (TPSA) is 0 Å². The van der Waals surface area contributed by atoms with Crippen LogP contribution in [0, 0.1) is 20.8 Å². The minimum absolute atomic E-state index is 1.26. The van der Waals surface area contributed by atoms with Gasteiger partial charge in [0, 0.05) is 0 Å². The van der Waals surface area contributed by atoms with Crippen LogP contribution in [0.5, 0.6) is 0 Å². The third kappa shape index (κ3) is 1.70. The molecule has 0 nitrogen and oxygen atoms in total.